The molecule has 2 fully saturated rings. The molecule has 2 aromatic carbocycles. The monoisotopic (exact) mass is 1050 g/mol. The lowest BCUT2D eigenvalue weighted by Gasteiger charge is -2.47. The molecule has 4 amide bonds. The number of para-hydroxylation sites is 2. The van der Waals surface area contributed by atoms with E-state index in [4.69, 9.17) is 44.9 Å². The van der Waals surface area contributed by atoms with Gasteiger partial charge in [0.15, 0.2) is 0 Å². The second kappa shape index (κ2) is 27.6. The number of piperazine rings is 2. The second-order valence-corrected chi connectivity index (χ2v) is 23.4. The molecule has 72 heavy (non-hydrogen) atoms. The number of aliphatic hydroxyl groups is 2. The van der Waals surface area contributed by atoms with Crippen LogP contribution in [0.4, 0.5) is 11.4 Å². The number of halogens is 2. The zero-order valence-corrected chi connectivity index (χ0v) is 45.8. The van der Waals surface area contributed by atoms with Gasteiger partial charge >= 0.3 is 11.9 Å². The highest BCUT2D eigenvalue weighted by molar-refractivity contribution is 6.34. The largest absolute Gasteiger partial charge is 0.478 e. The summed E-state index contributed by atoms with van der Waals surface area (Å²) in [7, 11) is 0. The SMILES string of the molecule is C[C@H](C[C@H](O)[C@@H](N)CN1CC(=O)N(c2ccccc2Cl)CC1(C)C)C(=O)NCC(C)(C)C.C[C@H](C[C@H](O)[C@@H](N)CN1CC(=O)N(c2ccccc2Cl)CC1(C)C)C(=O)NCC(C)(C)C.O=C(O)/C=C/C(=O)O. The van der Waals surface area contributed by atoms with Crippen LogP contribution in [-0.2, 0) is 28.8 Å². The van der Waals surface area contributed by atoms with Crippen molar-refractivity contribution in [3.05, 3.63) is 70.7 Å². The van der Waals surface area contributed by atoms with Crippen LogP contribution in [0.5, 0.6) is 0 Å². The molecule has 2 aliphatic rings. The Balaban J connectivity index is 0.000000428. The number of carboxylic acid groups (broad SMARTS) is 2. The molecular formula is C52H82Cl2N8O10. The van der Waals surface area contributed by atoms with Crippen LogP contribution in [0.1, 0.15) is 95.9 Å². The maximum Gasteiger partial charge on any atom is 0.328 e. The third-order valence-electron chi connectivity index (χ3n) is 12.2. The normalized spacial score (nSPS) is 18.9. The second-order valence-electron chi connectivity index (χ2n) is 22.6. The van der Waals surface area contributed by atoms with E-state index in [1.807, 2.05) is 73.9 Å². The van der Waals surface area contributed by atoms with Gasteiger partial charge in [0, 0.05) is 86.4 Å². The highest BCUT2D eigenvalue weighted by atomic mass is 35.5. The summed E-state index contributed by atoms with van der Waals surface area (Å²) in [4.78, 5) is 77.0. The van der Waals surface area contributed by atoms with Gasteiger partial charge in [-0.2, -0.15) is 0 Å². The summed E-state index contributed by atoms with van der Waals surface area (Å²) in [6.07, 6.45) is -0.0447. The lowest BCUT2D eigenvalue weighted by Crippen LogP contribution is -2.64. The molecule has 20 heteroatoms. The first-order chi connectivity index (χ1) is 33.0. The number of aliphatic carboxylic acids is 2. The Labute approximate surface area is 436 Å². The summed E-state index contributed by atoms with van der Waals surface area (Å²) >= 11 is 12.6. The van der Waals surface area contributed by atoms with Gasteiger partial charge in [0.05, 0.1) is 46.7 Å². The average Bonchev–Trinajstić information content (AvgIpc) is 3.26. The van der Waals surface area contributed by atoms with E-state index in [2.05, 4.69) is 52.2 Å². The molecular weight excluding hydrogens is 968 g/mol. The summed E-state index contributed by atoms with van der Waals surface area (Å²) < 4.78 is 0. The molecule has 2 aromatic rings. The predicted molar refractivity (Wildman–Crippen MR) is 284 cm³/mol. The lowest BCUT2D eigenvalue weighted by molar-refractivity contribution is -0.134. The topological polar surface area (TPSA) is 272 Å². The minimum absolute atomic E-state index is 0.00532. The lowest BCUT2D eigenvalue weighted by atomic mass is 9.93. The fourth-order valence-corrected chi connectivity index (χ4v) is 8.19. The van der Waals surface area contributed by atoms with Crippen LogP contribution in [0, 0.1) is 22.7 Å². The fourth-order valence-electron chi connectivity index (χ4n) is 7.72. The van der Waals surface area contributed by atoms with E-state index in [-0.39, 0.29) is 83.3 Å². The van der Waals surface area contributed by atoms with Crippen molar-refractivity contribution in [1.82, 2.24) is 20.4 Å². The van der Waals surface area contributed by atoms with E-state index >= 15 is 0 Å². The number of rotatable bonds is 18. The van der Waals surface area contributed by atoms with Gasteiger partial charge in [0.25, 0.3) is 0 Å². The van der Waals surface area contributed by atoms with Crippen LogP contribution in [0.3, 0.4) is 0 Å². The fraction of sp³-hybridized carbons (Fsp3) is 0.615. The highest BCUT2D eigenvalue weighted by Crippen LogP contribution is 2.33. The number of hydrogen-bond donors (Lipinski definition) is 8. The van der Waals surface area contributed by atoms with Gasteiger partial charge in [-0.15, -0.1) is 0 Å². The molecule has 0 spiro atoms. The number of amides is 4. The van der Waals surface area contributed by atoms with Crippen molar-refractivity contribution < 1.29 is 49.2 Å². The van der Waals surface area contributed by atoms with Crippen LogP contribution in [0.25, 0.3) is 0 Å². The van der Waals surface area contributed by atoms with Crippen molar-refractivity contribution in [2.45, 2.75) is 131 Å². The quantitative estimate of drug-likeness (QED) is 0.0914. The zero-order chi connectivity index (χ0) is 55.1. The molecule has 4 rings (SSSR count). The Morgan fingerprint density at radius 3 is 1.22 bits per heavy atom. The van der Waals surface area contributed by atoms with Crippen LogP contribution in [0.2, 0.25) is 10.0 Å². The van der Waals surface area contributed by atoms with Crippen LogP contribution in [0.15, 0.2) is 60.7 Å². The Bertz CT molecular complexity index is 2030. The van der Waals surface area contributed by atoms with Gasteiger partial charge in [0.1, 0.15) is 0 Å². The number of anilines is 2. The molecule has 0 bridgehead atoms. The third kappa shape index (κ3) is 21.4. The molecule has 2 aliphatic heterocycles. The number of nitrogens with two attached hydrogens (primary N) is 2. The Hall–Kier alpha value is -4.66. The number of hydrogen-bond acceptors (Lipinski definition) is 12. The van der Waals surface area contributed by atoms with Crippen molar-refractivity contribution in [3.63, 3.8) is 0 Å². The first kappa shape index (κ1) is 63.5. The van der Waals surface area contributed by atoms with Crippen molar-refractivity contribution in [2.75, 3.05) is 62.2 Å². The Kier molecular flexibility index (Phi) is 24.3. The molecule has 2 heterocycles. The molecule has 0 radical (unpaired) electrons. The van der Waals surface area contributed by atoms with Gasteiger partial charge < -0.3 is 52.3 Å². The molecule has 2 saturated heterocycles. The average molecular weight is 1050 g/mol. The summed E-state index contributed by atoms with van der Waals surface area (Å²) in [5.74, 6) is -3.52. The molecule has 0 saturated carbocycles. The maximum absolute atomic E-state index is 12.9. The van der Waals surface area contributed by atoms with Gasteiger partial charge in [-0.05, 0) is 75.6 Å². The van der Waals surface area contributed by atoms with Crippen molar-refractivity contribution >= 4 is 70.1 Å². The van der Waals surface area contributed by atoms with Gasteiger partial charge in [-0.3, -0.25) is 29.0 Å². The molecule has 0 aromatic heterocycles. The molecule has 6 atom stereocenters. The molecule has 0 unspecified atom stereocenters. The van der Waals surface area contributed by atoms with Crippen molar-refractivity contribution in [2.24, 2.45) is 34.1 Å². The molecule has 404 valence electrons. The Morgan fingerprint density at radius 2 is 0.944 bits per heavy atom. The highest BCUT2D eigenvalue weighted by Gasteiger charge is 2.42. The third-order valence-corrected chi connectivity index (χ3v) is 12.9. The van der Waals surface area contributed by atoms with E-state index in [1.54, 1.807) is 35.8 Å². The minimum Gasteiger partial charge on any atom is -0.478 e. The standard InChI is InChI=1S/2C24H39ClN4O3.C4H4O4/c2*1-16(22(32)27-14-23(2,3)4)11-20(30)18(26)12-28-13-21(31)29(15-24(28,5)6)19-10-8-7-9-17(19)25;5-3(6)1-2-4(7)8/h2*7-10,16,18,20,30H,11-15,26H2,1-6H3,(H,27,32);1-2H,(H,5,6)(H,7,8)/b;;2-1+/t2*16-,18+,20+;/m11./s1. The Morgan fingerprint density at radius 1 is 0.639 bits per heavy atom. The van der Waals surface area contributed by atoms with E-state index in [9.17, 15) is 39.0 Å². The summed E-state index contributed by atoms with van der Waals surface area (Å²) in [6.45, 7) is 27.2. The number of nitrogens with one attached hydrogen (secondary N) is 2. The van der Waals surface area contributed by atoms with E-state index in [0.29, 0.717) is 72.8 Å². The molecule has 10 N–H and O–H groups in total. The van der Waals surface area contributed by atoms with E-state index in [0.717, 1.165) is 0 Å². The summed E-state index contributed by atoms with van der Waals surface area (Å²) in [5, 5.41) is 43.9. The number of aliphatic hydroxyl groups excluding tert-OH is 2. The number of benzene rings is 2. The van der Waals surface area contributed by atoms with Crippen LogP contribution in [-0.4, -0.2) is 154 Å². The number of carbonyl (C=O) groups is 6. The van der Waals surface area contributed by atoms with Gasteiger partial charge in [0.2, 0.25) is 23.6 Å². The summed E-state index contributed by atoms with van der Waals surface area (Å²) in [6, 6.07) is 13.5. The van der Waals surface area contributed by atoms with Crippen LogP contribution >= 0.6 is 23.2 Å². The van der Waals surface area contributed by atoms with E-state index < -0.39 is 36.2 Å². The molecule has 0 aliphatic carbocycles. The van der Waals surface area contributed by atoms with Crippen molar-refractivity contribution in [1.29, 1.82) is 0 Å². The van der Waals surface area contributed by atoms with Crippen molar-refractivity contribution in [3.8, 4) is 0 Å². The molecule has 18 nitrogen and oxygen atoms in total. The minimum atomic E-state index is -1.26. The maximum atomic E-state index is 12.9. The number of carbonyl (C=O) groups excluding carboxylic acids is 4. The smallest absolute Gasteiger partial charge is 0.328 e. The first-order valence-electron chi connectivity index (χ1n) is 24.2. The first-order valence-corrected chi connectivity index (χ1v) is 25.0. The van der Waals surface area contributed by atoms with E-state index in [1.165, 1.54) is 0 Å². The number of carboxylic acids is 2. The zero-order valence-electron chi connectivity index (χ0n) is 44.2. The van der Waals surface area contributed by atoms with Gasteiger partial charge in [-0.1, -0.05) is 103 Å². The predicted octanol–water partition coefficient (Wildman–Crippen LogP) is 5.00. The summed E-state index contributed by atoms with van der Waals surface area (Å²) in [5.41, 5.74) is 13.3. The van der Waals surface area contributed by atoms with Crippen LogP contribution < -0.4 is 31.9 Å². The number of nitrogens with zero attached hydrogens (tertiary/aromatic N) is 4. The van der Waals surface area contributed by atoms with Gasteiger partial charge in [-0.25, -0.2) is 9.59 Å².